The lowest BCUT2D eigenvalue weighted by Crippen LogP contribution is -2.16. The SMILES string of the molecule is CCCCC/C=C\C/C=C\CCCCCCCC(CCCCCCCCCCCCCCCN(C)C)OC(=O)O. The summed E-state index contributed by atoms with van der Waals surface area (Å²) in [7, 11) is 4.31. The molecule has 0 aliphatic heterocycles. The maximum absolute atomic E-state index is 11.1. The fraction of sp³-hybridized carbons (Fsp3) is 0.861. The highest BCUT2D eigenvalue weighted by Gasteiger charge is 2.13. The van der Waals surface area contributed by atoms with Crippen LogP contribution in [-0.2, 0) is 4.74 Å². The van der Waals surface area contributed by atoms with Crippen molar-refractivity contribution in [1.29, 1.82) is 0 Å². The van der Waals surface area contributed by atoms with Gasteiger partial charge in [0.1, 0.15) is 6.10 Å². The first-order valence-corrected chi connectivity index (χ1v) is 17.4. The van der Waals surface area contributed by atoms with Gasteiger partial charge in [-0.25, -0.2) is 4.79 Å². The lowest BCUT2D eigenvalue weighted by molar-refractivity contribution is 0.0422. The van der Waals surface area contributed by atoms with E-state index in [4.69, 9.17) is 9.84 Å². The summed E-state index contributed by atoms with van der Waals surface area (Å²) in [6, 6.07) is 0. The third kappa shape index (κ3) is 32.9. The Labute approximate surface area is 250 Å². The third-order valence-corrected chi connectivity index (χ3v) is 7.88. The Bertz CT molecular complexity index is 572. The molecule has 0 aromatic rings. The molecule has 0 saturated heterocycles. The first kappa shape index (κ1) is 38.7. The van der Waals surface area contributed by atoms with Gasteiger partial charge in [-0.1, -0.05) is 134 Å². The molecule has 0 heterocycles. The molecule has 0 saturated carbocycles. The number of allylic oxidation sites excluding steroid dienone is 4. The maximum Gasteiger partial charge on any atom is 0.506 e. The molecule has 1 N–H and O–H groups in total. The zero-order chi connectivity index (χ0) is 29.4. The van der Waals surface area contributed by atoms with E-state index < -0.39 is 6.16 Å². The van der Waals surface area contributed by atoms with Crippen LogP contribution in [0.15, 0.2) is 24.3 Å². The van der Waals surface area contributed by atoms with Crippen LogP contribution in [0.3, 0.4) is 0 Å². The van der Waals surface area contributed by atoms with E-state index in [0.29, 0.717) is 0 Å². The van der Waals surface area contributed by atoms with Gasteiger partial charge in [0.25, 0.3) is 0 Å². The molecule has 0 aromatic heterocycles. The molecule has 0 bridgehead atoms. The number of rotatable bonds is 31. The molecule has 236 valence electrons. The highest BCUT2D eigenvalue weighted by Crippen LogP contribution is 2.18. The largest absolute Gasteiger partial charge is 0.506 e. The average Bonchev–Trinajstić information content (AvgIpc) is 2.92. The predicted molar refractivity (Wildman–Crippen MR) is 175 cm³/mol. The van der Waals surface area contributed by atoms with E-state index in [1.807, 2.05) is 0 Å². The van der Waals surface area contributed by atoms with Gasteiger partial charge in [0, 0.05) is 0 Å². The fourth-order valence-electron chi connectivity index (χ4n) is 5.33. The standard InChI is InChI=1S/C36H69NO3/c1-4-5-6-7-8-9-10-11-12-14-17-20-23-26-29-32-35(40-36(38)39)33-30-27-24-21-18-15-13-16-19-22-25-28-31-34-37(2)3/h8-9,11-12,35H,4-7,10,13-34H2,1-3H3,(H,38,39)/b9-8-,12-11-. The van der Waals surface area contributed by atoms with Crippen LogP contribution in [0.5, 0.6) is 0 Å². The Balaban J connectivity index is 3.56. The third-order valence-electron chi connectivity index (χ3n) is 7.88. The van der Waals surface area contributed by atoms with Crippen LogP contribution < -0.4 is 0 Å². The van der Waals surface area contributed by atoms with Gasteiger partial charge in [-0.3, -0.25) is 0 Å². The predicted octanol–water partition coefficient (Wildman–Crippen LogP) is 11.9. The molecule has 0 aromatic carbocycles. The molecule has 4 nitrogen and oxygen atoms in total. The summed E-state index contributed by atoms with van der Waals surface area (Å²) in [5, 5.41) is 9.11. The van der Waals surface area contributed by atoms with Crippen molar-refractivity contribution in [3.05, 3.63) is 24.3 Å². The molecule has 1 unspecified atom stereocenters. The molecule has 0 fully saturated rings. The zero-order valence-corrected chi connectivity index (χ0v) is 27.2. The van der Waals surface area contributed by atoms with E-state index in [-0.39, 0.29) is 6.10 Å². The van der Waals surface area contributed by atoms with E-state index in [0.717, 1.165) is 32.1 Å². The van der Waals surface area contributed by atoms with Crippen molar-refractivity contribution in [2.24, 2.45) is 0 Å². The minimum Gasteiger partial charge on any atom is -0.450 e. The molecule has 0 spiro atoms. The lowest BCUT2D eigenvalue weighted by Gasteiger charge is -2.16. The number of hydrogen-bond donors (Lipinski definition) is 1. The smallest absolute Gasteiger partial charge is 0.450 e. The second kappa shape index (κ2) is 32.2. The van der Waals surface area contributed by atoms with Crippen molar-refractivity contribution in [2.45, 2.75) is 180 Å². The highest BCUT2D eigenvalue weighted by atomic mass is 16.7. The first-order chi connectivity index (χ1) is 19.6. The van der Waals surface area contributed by atoms with Crippen molar-refractivity contribution < 1.29 is 14.6 Å². The zero-order valence-electron chi connectivity index (χ0n) is 27.2. The lowest BCUT2D eigenvalue weighted by atomic mass is 10.0. The van der Waals surface area contributed by atoms with Crippen LogP contribution >= 0.6 is 0 Å². The van der Waals surface area contributed by atoms with Gasteiger partial charge in [0.05, 0.1) is 0 Å². The minimum absolute atomic E-state index is 0.113. The summed E-state index contributed by atoms with van der Waals surface area (Å²) >= 11 is 0. The Hall–Kier alpha value is -1.29. The van der Waals surface area contributed by atoms with Crippen LogP contribution in [0.4, 0.5) is 4.79 Å². The van der Waals surface area contributed by atoms with Crippen molar-refractivity contribution in [1.82, 2.24) is 4.90 Å². The van der Waals surface area contributed by atoms with Crippen LogP contribution in [0.25, 0.3) is 0 Å². The Morgan fingerprint density at radius 1 is 0.600 bits per heavy atom. The summed E-state index contributed by atoms with van der Waals surface area (Å²) in [4.78, 5) is 13.4. The summed E-state index contributed by atoms with van der Waals surface area (Å²) < 4.78 is 5.19. The van der Waals surface area contributed by atoms with Gasteiger partial charge in [-0.2, -0.15) is 0 Å². The van der Waals surface area contributed by atoms with Gasteiger partial charge in [-0.15, -0.1) is 0 Å². The second-order valence-electron chi connectivity index (χ2n) is 12.2. The summed E-state index contributed by atoms with van der Waals surface area (Å²) in [6.45, 7) is 3.48. The van der Waals surface area contributed by atoms with Gasteiger partial charge in [0.15, 0.2) is 0 Å². The number of hydrogen-bond acceptors (Lipinski definition) is 3. The van der Waals surface area contributed by atoms with Crippen LogP contribution in [0.1, 0.15) is 174 Å². The van der Waals surface area contributed by atoms with Crippen molar-refractivity contribution in [3.8, 4) is 0 Å². The number of nitrogens with zero attached hydrogens (tertiary/aromatic N) is 1. The fourth-order valence-corrected chi connectivity index (χ4v) is 5.33. The van der Waals surface area contributed by atoms with Crippen molar-refractivity contribution >= 4 is 6.16 Å². The molecule has 4 heteroatoms. The molecule has 0 aliphatic rings. The number of ether oxygens (including phenoxy) is 1. The Kier molecular flexibility index (Phi) is 31.2. The minimum atomic E-state index is -1.11. The number of carboxylic acid groups (broad SMARTS) is 1. The molecular formula is C36H69NO3. The van der Waals surface area contributed by atoms with Gasteiger partial charge in [0.2, 0.25) is 0 Å². The average molecular weight is 564 g/mol. The van der Waals surface area contributed by atoms with E-state index in [1.54, 1.807) is 0 Å². The van der Waals surface area contributed by atoms with Gasteiger partial charge >= 0.3 is 6.16 Å². The molecule has 0 amide bonds. The molecular weight excluding hydrogens is 494 g/mol. The molecule has 0 aliphatic carbocycles. The Morgan fingerprint density at radius 2 is 1.00 bits per heavy atom. The van der Waals surface area contributed by atoms with E-state index in [2.05, 4.69) is 50.2 Å². The normalized spacial score (nSPS) is 12.7. The molecule has 1 atom stereocenters. The van der Waals surface area contributed by atoms with E-state index >= 15 is 0 Å². The molecule has 0 radical (unpaired) electrons. The van der Waals surface area contributed by atoms with Crippen molar-refractivity contribution in [2.75, 3.05) is 20.6 Å². The number of carbonyl (C=O) groups is 1. The first-order valence-electron chi connectivity index (χ1n) is 17.4. The topological polar surface area (TPSA) is 49.8 Å². The Morgan fingerprint density at radius 3 is 1.43 bits per heavy atom. The monoisotopic (exact) mass is 564 g/mol. The summed E-state index contributed by atoms with van der Waals surface area (Å²) in [6.07, 6.45) is 40.5. The van der Waals surface area contributed by atoms with Gasteiger partial charge < -0.3 is 14.7 Å². The maximum atomic E-state index is 11.1. The van der Waals surface area contributed by atoms with Gasteiger partial charge in [-0.05, 0) is 84.8 Å². The summed E-state index contributed by atoms with van der Waals surface area (Å²) in [5.74, 6) is 0. The number of unbranched alkanes of at least 4 members (excludes halogenated alkanes) is 20. The molecule has 0 rings (SSSR count). The van der Waals surface area contributed by atoms with Crippen LogP contribution in [0.2, 0.25) is 0 Å². The van der Waals surface area contributed by atoms with E-state index in [9.17, 15) is 4.79 Å². The van der Waals surface area contributed by atoms with Crippen molar-refractivity contribution in [3.63, 3.8) is 0 Å². The summed E-state index contributed by atoms with van der Waals surface area (Å²) in [5.41, 5.74) is 0. The second-order valence-corrected chi connectivity index (χ2v) is 12.2. The van der Waals surface area contributed by atoms with Crippen LogP contribution in [-0.4, -0.2) is 42.9 Å². The van der Waals surface area contributed by atoms with Crippen LogP contribution in [0, 0.1) is 0 Å². The highest BCUT2D eigenvalue weighted by molar-refractivity contribution is 5.57. The quantitative estimate of drug-likeness (QED) is 0.0517. The molecule has 40 heavy (non-hydrogen) atoms. The van der Waals surface area contributed by atoms with E-state index in [1.165, 1.54) is 141 Å².